The smallest absolute Gasteiger partial charge is 0.135 e. The first-order chi connectivity index (χ1) is 11.7. The van der Waals surface area contributed by atoms with Gasteiger partial charge in [-0.05, 0) is 49.9 Å². The molecule has 0 bridgehead atoms. The molecule has 2 aromatic carbocycles. The lowest BCUT2D eigenvalue weighted by atomic mass is 10.1. The molecule has 0 radical (unpaired) electrons. The lowest BCUT2D eigenvalue weighted by Crippen LogP contribution is -2.17. The van der Waals surface area contributed by atoms with Crippen LogP contribution in [0.4, 0.5) is 0 Å². The average Bonchev–Trinajstić information content (AvgIpc) is 3.49. The van der Waals surface area contributed by atoms with Crippen molar-refractivity contribution < 1.29 is 4.79 Å². The van der Waals surface area contributed by atoms with Gasteiger partial charge in [-0.1, -0.05) is 36.4 Å². The molecule has 0 N–H and O–H groups in total. The molecule has 1 nitrogen and oxygen atoms in total. The van der Waals surface area contributed by atoms with Crippen molar-refractivity contribution in [2.24, 2.45) is 0 Å². The number of hydrogen-bond donors (Lipinski definition) is 0. The van der Waals surface area contributed by atoms with Crippen LogP contribution in [0.1, 0.15) is 38.5 Å². The molecule has 2 saturated carbocycles. The van der Waals surface area contributed by atoms with Crippen LogP contribution < -0.4 is 0 Å². The van der Waals surface area contributed by atoms with Crippen LogP contribution in [0.25, 0.3) is 0 Å². The number of carbonyl (C=O) groups is 1. The summed E-state index contributed by atoms with van der Waals surface area (Å²) >= 11 is 3.82. The summed E-state index contributed by atoms with van der Waals surface area (Å²) in [6.45, 7) is 0. The van der Waals surface area contributed by atoms with Gasteiger partial charge in [-0.2, -0.15) is 0 Å². The molecule has 4 rings (SSSR count). The maximum atomic E-state index is 12.7. The molecule has 2 aromatic rings. The number of carbonyl (C=O) groups excluding carboxylic acids is 1. The van der Waals surface area contributed by atoms with Crippen molar-refractivity contribution in [3.63, 3.8) is 0 Å². The minimum atomic E-state index is 0.186. The van der Waals surface area contributed by atoms with Crippen molar-refractivity contribution in [2.45, 2.75) is 57.8 Å². The molecule has 0 aliphatic heterocycles. The van der Waals surface area contributed by atoms with E-state index < -0.39 is 0 Å². The first-order valence-corrected chi connectivity index (χ1v) is 10.3. The van der Waals surface area contributed by atoms with Crippen LogP contribution >= 0.6 is 23.5 Å². The highest BCUT2D eigenvalue weighted by Gasteiger charge is 2.49. The Labute approximate surface area is 152 Å². The second kappa shape index (κ2) is 6.61. The number of benzene rings is 2. The highest BCUT2D eigenvalue weighted by atomic mass is 32.2. The summed E-state index contributed by atoms with van der Waals surface area (Å²) in [6.07, 6.45) is 6.19. The van der Waals surface area contributed by atoms with Gasteiger partial charge < -0.3 is 0 Å². The molecule has 124 valence electrons. The largest absolute Gasteiger partial charge is 0.300 e. The van der Waals surface area contributed by atoms with E-state index in [-0.39, 0.29) is 9.49 Å². The molecule has 2 fully saturated rings. The summed E-state index contributed by atoms with van der Waals surface area (Å²) in [5, 5.41) is 0. The summed E-state index contributed by atoms with van der Waals surface area (Å²) < 4.78 is 0.373. The van der Waals surface area contributed by atoms with E-state index in [0.717, 1.165) is 12.8 Å². The van der Waals surface area contributed by atoms with E-state index in [2.05, 4.69) is 48.5 Å². The normalized spacial score (nSPS) is 19.7. The van der Waals surface area contributed by atoms with Crippen LogP contribution in [-0.4, -0.2) is 15.3 Å². The Morgan fingerprint density at radius 3 is 1.42 bits per heavy atom. The van der Waals surface area contributed by atoms with E-state index in [1.807, 2.05) is 35.7 Å². The molecule has 2 aliphatic rings. The van der Waals surface area contributed by atoms with Crippen molar-refractivity contribution in [1.29, 1.82) is 0 Å². The van der Waals surface area contributed by atoms with Crippen molar-refractivity contribution in [2.75, 3.05) is 0 Å². The third kappa shape index (κ3) is 4.07. The van der Waals surface area contributed by atoms with Gasteiger partial charge in [0.2, 0.25) is 0 Å². The number of Topliss-reactive ketones (excluding diaryl/α,β-unsaturated/α-hetero) is 1. The molecular weight excluding hydrogens is 332 g/mol. The molecule has 0 aromatic heterocycles. The van der Waals surface area contributed by atoms with Crippen molar-refractivity contribution in [3.05, 3.63) is 60.7 Å². The fourth-order valence-corrected chi connectivity index (χ4v) is 5.83. The average molecular weight is 355 g/mol. The molecule has 0 atom stereocenters. The number of hydrogen-bond acceptors (Lipinski definition) is 3. The molecule has 2 aliphatic carbocycles. The van der Waals surface area contributed by atoms with Gasteiger partial charge in [-0.15, -0.1) is 23.5 Å². The highest BCUT2D eigenvalue weighted by molar-refractivity contribution is 8.01. The highest BCUT2D eigenvalue weighted by Crippen LogP contribution is 2.57. The maximum absolute atomic E-state index is 12.7. The summed E-state index contributed by atoms with van der Waals surface area (Å²) in [4.78, 5) is 15.3. The zero-order chi connectivity index (χ0) is 16.5. The van der Waals surface area contributed by atoms with Crippen LogP contribution in [0.2, 0.25) is 0 Å². The van der Waals surface area contributed by atoms with Crippen LogP contribution in [0.3, 0.4) is 0 Å². The standard InChI is InChI=1S/C21H22OS2/c22-17(15-20(11-12-20)23-18-7-3-1-4-8-18)16-21(13-14-21)24-19-9-5-2-6-10-19/h1-10H,11-16H2. The molecule has 24 heavy (non-hydrogen) atoms. The molecule has 0 spiro atoms. The fraction of sp³-hybridized carbons (Fsp3) is 0.381. The zero-order valence-electron chi connectivity index (χ0n) is 13.7. The summed E-state index contributed by atoms with van der Waals surface area (Å²) in [7, 11) is 0. The fourth-order valence-electron chi connectivity index (χ4n) is 3.17. The Morgan fingerprint density at radius 1 is 0.708 bits per heavy atom. The van der Waals surface area contributed by atoms with Gasteiger partial charge in [-0.3, -0.25) is 4.79 Å². The zero-order valence-corrected chi connectivity index (χ0v) is 15.4. The first kappa shape index (κ1) is 16.3. The molecule has 3 heteroatoms. The number of thioether (sulfide) groups is 2. The first-order valence-electron chi connectivity index (χ1n) is 8.67. The van der Waals surface area contributed by atoms with E-state index in [1.165, 1.54) is 35.5 Å². The Hall–Kier alpha value is -1.19. The third-order valence-corrected chi connectivity index (χ3v) is 7.80. The van der Waals surface area contributed by atoms with E-state index in [0.29, 0.717) is 5.78 Å². The maximum Gasteiger partial charge on any atom is 0.135 e. The predicted molar refractivity (Wildman–Crippen MR) is 103 cm³/mol. The van der Waals surface area contributed by atoms with Crippen molar-refractivity contribution in [1.82, 2.24) is 0 Å². The van der Waals surface area contributed by atoms with Gasteiger partial charge in [0, 0.05) is 32.1 Å². The Balaban J connectivity index is 1.34. The monoisotopic (exact) mass is 354 g/mol. The van der Waals surface area contributed by atoms with Crippen LogP contribution in [-0.2, 0) is 4.79 Å². The topological polar surface area (TPSA) is 17.1 Å². The van der Waals surface area contributed by atoms with Gasteiger partial charge >= 0.3 is 0 Å². The van der Waals surface area contributed by atoms with E-state index in [1.54, 1.807) is 0 Å². The van der Waals surface area contributed by atoms with Crippen LogP contribution in [0, 0.1) is 0 Å². The Bertz CT molecular complexity index is 642. The predicted octanol–water partition coefficient (Wildman–Crippen LogP) is 5.99. The van der Waals surface area contributed by atoms with Gasteiger partial charge in [0.1, 0.15) is 5.78 Å². The Morgan fingerprint density at radius 2 is 1.08 bits per heavy atom. The Kier molecular flexibility index (Phi) is 4.48. The van der Waals surface area contributed by atoms with Crippen molar-refractivity contribution in [3.8, 4) is 0 Å². The van der Waals surface area contributed by atoms with Gasteiger partial charge in [0.25, 0.3) is 0 Å². The number of rotatable bonds is 8. The van der Waals surface area contributed by atoms with E-state index in [9.17, 15) is 4.79 Å². The minimum absolute atomic E-state index is 0.186. The SMILES string of the molecule is O=C(CC1(Sc2ccccc2)CC1)CC1(Sc2ccccc2)CC1. The number of ketones is 1. The lowest BCUT2D eigenvalue weighted by molar-refractivity contribution is -0.119. The van der Waals surface area contributed by atoms with Gasteiger partial charge in [-0.25, -0.2) is 0 Å². The van der Waals surface area contributed by atoms with Crippen molar-refractivity contribution >= 4 is 29.3 Å². The molecular formula is C21H22OS2. The second-order valence-electron chi connectivity index (χ2n) is 7.09. The molecule has 0 unspecified atom stereocenters. The van der Waals surface area contributed by atoms with E-state index in [4.69, 9.17) is 0 Å². The summed E-state index contributed by atoms with van der Waals surface area (Å²) in [5.41, 5.74) is 0. The van der Waals surface area contributed by atoms with Crippen LogP contribution in [0.15, 0.2) is 70.5 Å². The quantitative estimate of drug-likeness (QED) is 0.580. The van der Waals surface area contributed by atoms with Gasteiger partial charge in [0.15, 0.2) is 0 Å². The molecule has 0 saturated heterocycles. The molecule has 0 heterocycles. The van der Waals surface area contributed by atoms with Gasteiger partial charge in [0.05, 0.1) is 0 Å². The third-order valence-electron chi connectivity index (χ3n) is 4.81. The summed E-state index contributed by atoms with van der Waals surface area (Å²) in [6, 6.07) is 21.0. The minimum Gasteiger partial charge on any atom is -0.300 e. The molecule has 0 amide bonds. The second-order valence-corrected chi connectivity index (χ2v) is 10.2. The van der Waals surface area contributed by atoms with E-state index >= 15 is 0 Å². The van der Waals surface area contributed by atoms with Crippen LogP contribution in [0.5, 0.6) is 0 Å². The summed E-state index contributed by atoms with van der Waals surface area (Å²) in [5.74, 6) is 0.455. The lowest BCUT2D eigenvalue weighted by Gasteiger charge is -2.17.